The summed E-state index contributed by atoms with van der Waals surface area (Å²) in [4.78, 5) is 2.58. The first-order valence-electron chi connectivity index (χ1n) is 5.71. The fraction of sp³-hybridized carbons (Fsp3) is 1.00. The van der Waals surface area contributed by atoms with E-state index in [1.807, 2.05) is 0 Å². The van der Waals surface area contributed by atoms with Crippen molar-refractivity contribution in [1.29, 1.82) is 0 Å². The van der Waals surface area contributed by atoms with Crippen molar-refractivity contribution in [1.82, 2.24) is 4.90 Å². The van der Waals surface area contributed by atoms with Gasteiger partial charge in [-0.1, -0.05) is 6.92 Å². The third-order valence-corrected chi connectivity index (χ3v) is 3.49. The summed E-state index contributed by atoms with van der Waals surface area (Å²) < 4.78 is 0. The van der Waals surface area contributed by atoms with Crippen LogP contribution in [0.1, 0.15) is 39.0 Å². The van der Waals surface area contributed by atoms with Crippen molar-refractivity contribution in [2.24, 2.45) is 5.92 Å². The fourth-order valence-electron chi connectivity index (χ4n) is 2.43. The zero-order valence-corrected chi connectivity index (χ0v) is 8.58. The molecule has 2 saturated carbocycles. The molecule has 2 heteroatoms. The van der Waals surface area contributed by atoms with Gasteiger partial charge in [0.1, 0.15) is 0 Å². The van der Waals surface area contributed by atoms with E-state index in [1.165, 1.54) is 25.8 Å². The number of nitrogens with zero attached hydrogens (tertiary/aromatic N) is 1. The summed E-state index contributed by atoms with van der Waals surface area (Å²) in [5.41, 5.74) is 0. The van der Waals surface area contributed by atoms with Crippen molar-refractivity contribution in [3.05, 3.63) is 0 Å². The average molecular weight is 183 g/mol. The van der Waals surface area contributed by atoms with Crippen molar-refractivity contribution in [3.63, 3.8) is 0 Å². The van der Waals surface area contributed by atoms with Crippen LogP contribution in [-0.4, -0.2) is 35.2 Å². The molecule has 1 N–H and O–H groups in total. The maximum Gasteiger partial charge on any atom is 0.0555 e. The lowest BCUT2D eigenvalue weighted by atomic mass is 10.2. The van der Waals surface area contributed by atoms with Crippen LogP contribution in [0.2, 0.25) is 0 Å². The van der Waals surface area contributed by atoms with Gasteiger partial charge in [-0.3, -0.25) is 0 Å². The lowest BCUT2D eigenvalue weighted by Gasteiger charge is -2.27. The van der Waals surface area contributed by atoms with Gasteiger partial charge in [-0.2, -0.15) is 0 Å². The lowest BCUT2D eigenvalue weighted by Crippen LogP contribution is -2.35. The Bertz CT molecular complexity index is 167. The third-order valence-electron chi connectivity index (χ3n) is 3.49. The Hall–Kier alpha value is -0.0800. The normalized spacial score (nSPS) is 34.4. The Morgan fingerprint density at radius 2 is 2.00 bits per heavy atom. The molecule has 13 heavy (non-hydrogen) atoms. The van der Waals surface area contributed by atoms with Gasteiger partial charge >= 0.3 is 0 Å². The van der Waals surface area contributed by atoms with Crippen LogP contribution in [0.15, 0.2) is 0 Å². The molecule has 2 atom stereocenters. The zero-order valence-electron chi connectivity index (χ0n) is 8.58. The van der Waals surface area contributed by atoms with Crippen molar-refractivity contribution in [2.45, 2.75) is 51.2 Å². The van der Waals surface area contributed by atoms with Crippen LogP contribution in [0.5, 0.6) is 0 Å². The summed E-state index contributed by atoms with van der Waals surface area (Å²) in [6.45, 7) is 4.69. The maximum atomic E-state index is 9.47. The molecular weight excluding hydrogens is 162 g/mol. The molecule has 0 aromatic carbocycles. The summed E-state index contributed by atoms with van der Waals surface area (Å²) in [5.74, 6) is 0.984. The van der Waals surface area contributed by atoms with Crippen LogP contribution in [-0.2, 0) is 0 Å². The van der Waals surface area contributed by atoms with Gasteiger partial charge < -0.3 is 10.0 Å². The van der Waals surface area contributed by atoms with Gasteiger partial charge in [0, 0.05) is 12.6 Å². The molecule has 0 heterocycles. The molecule has 2 rings (SSSR count). The van der Waals surface area contributed by atoms with Crippen LogP contribution in [0.25, 0.3) is 0 Å². The molecule has 0 aromatic rings. The highest BCUT2D eigenvalue weighted by Crippen LogP contribution is 2.32. The van der Waals surface area contributed by atoms with Crippen LogP contribution in [0.4, 0.5) is 0 Å². The molecule has 0 amide bonds. The van der Waals surface area contributed by atoms with Crippen molar-refractivity contribution < 1.29 is 5.11 Å². The smallest absolute Gasteiger partial charge is 0.0555 e. The van der Waals surface area contributed by atoms with E-state index in [4.69, 9.17) is 0 Å². The SMILES string of the molecule is CCN(CC1CC1)C1CCC(O)C1. The highest BCUT2D eigenvalue weighted by Gasteiger charge is 2.31. The van der Waals surface area contributed by atoms with Crippen molar-refractivity contribution >= 4 is 0 Å². The molecule has 0 saturated heterocycles. The van der Waals surface area contributed by atoms with E-state index in [9.17, 15) is 5.11 Å². The molecule has 0 spiro atoms. The average Bonchev–Trinajstić information content (AvgIpc) is 2.84. The van der Waals surface area contributed by atoms with E-state index in [0.29, 0.717) is 6.04 Å². The molecule has 0 bridgehead atoms. The van der Waals surface area contributed by atoms with Gasteiger partial charge in [-0.05, 0) is 44.6 Å². The minimum absolute atomic E-state index is 0.0155. The van der Waals surface area contributed by atoms with E-state index < -0.39 is 0 Å². The monoisotopic (exact) mass is 183 g/mol. The first kappa shape index (κ1) is 9.47. The predicted molar refractivity (Wildman–Crippen MR) is 53.6 cm³/mol. The Balaban J connectivity index is 1.80. The molecule has 2 nitrogen and oxygen atoms in total. The quantitative estimate of drug-likeness (QED) is 0.716. The first-order valence-corrected chi connectivity index (χ1v) is 5.71. The second-order valence-corrected chi connectivity index (χ2v) is 4.65. The number of aliphatic hydroxyl groups excluding tert-OH is 1. The molecule has 2 fully saturated rings. The first-order chi connectivity index (χ1) is 6.29. The lowest BCUT2D eigenvalue weighted by molar-refractivity contribution is 0.151. The zero-order chi connectivity index (χ0) is 9.26. The van der Waals surface area contributed by atoms with Crippen molar-refractivity contribution in [2.75, 3.05) is 13.1 Å². The molecular formula is C11H21NO. The second kappa shape index (κ2) is 3.97. The number of aliphatic hydroxyl groups is 1. The fourth-order valence-corrected chi connectivity index (χ4v) is 2.43. The number of hydrogen-bond acceptors (Lipinski definition) is 2. The summed E-state index contributed by atoms with van der Waals surface area (Å²) in [6.07, 6.45) is 6.10. The summed E-state index contributed by atoms with van der Waals surface area (Å²) >= 11 is 0. The largest absolute Gasteiger partial charge is 0.393 e. The molecule has 2 unspecified atom stereocenters. The summed E-state index contributed by atoms with van der Waals surface area (Å²) in [5, 5.41) is 9.47. The highest BCUT2D eigenvalue weighted by molar-refractivity contribution is 4.85. The summed E-state index contributed by atoms with van der Waals surface area (Å²) in [7, 11) is 0. The standard InChI is InChI=1S/C11H21NO/c1-2-12(8-9-3-4-9)10-5-6-11(13)7-10/h9-11,13H,2-8H2,1H3. The second-order valence-electron chi connectivity index (χ2n) is 4.65. The van der Waals surface area contributed by atoms with E-state index in [-0.39, 0.29) is 6.10 Å². The molecule has 0 radical (unpaired) electrons. The van der Waals surface area contributed by atoms with Gasteiger partial charge in [0.05, 0.1) is 6.10 Å². The van der Waals surface area contributed by atoms with Crippen LogP contribution < -0.4 is 0 Å². The van der Waals surface area contributed by atoms with E-state index in [1.54, 1.807) is 0 Å². The van der Waals surface area contributed by atoms with Gasteiger partial charge in [0.15, 0.2) is 0 Å². The Morgan fingerprint density at radius 1 is 1.23 bits per heavy atom. The molecule has 2 aliphatic rings. The Labute approximate surface area is 80.9 Å². The van der Waals surface area contributed by atoms with Crippen LogP contribution in [0.3, 0.4) is 0 Å². The van der Waals surface area contributed by atoms with Gasteiger partial charge in [-0.15, -0.1) is 0 Å². The highest BCUT2D eigenvalue weighted by atomic mass is 16.3. The van der Waals surface area contributed by atoms with Gasteiger partial charge in [-0.25, -0.2) is 0 Å². The van der Waals surface area contributed by atoms with Gasteiger partial charge in [0.25, 0.3) is 0 Å². The predicted octanol–water partition coefficient (Wildman–Crippen LogP) is 1.63. The van der Waals surface area contributed by atoms with E-state index in [0.717, 1.165) is 25.3 Å². The van der Waals surface area contributed by atoms with E-state index >= 15 is 0 Å². The maximum absolute atomic E-state index is 9.47. The van der Waals surface area contributed by atoms with Crippen molar-refractivity contribution in [3.8, 4) is 0 Å². The minimum Gasteiger partial charge on any atom is -0.393 e. The Morgan fingerprint density at radius 3 is 2.46 bits per heavy atom. The van der Waals surface area contributed by atoms with E-state index in [2.05, 4.69) is 11.8 Å². The van der Waals surface area contributed by atoms with Gasteiger partial charge in [0.2, 0.25) is 0 Å². The number of rotatable bonds is 4. The Kier molecular flexibility index (Phi) is 2.89. The molecule has 0 aliphatic heterocycles. The summed E-state index contributed by atoms with van der Waals surface area (Å²) in [6, 6.07) is 0.681. The van der Waals surface area contributed by atoms with Crippen LogP contribution in [0, 0.1) is 5.92 Å². The topological polar surface area (TPSA) is 23.5 Å². The van der Waals surface area contributed by atoms with Crippen LogP contribution >= 0.6 is 0 Å². The molecule has 2 aliphatic carbocycles. The minimum atomic E-state index is -0.0155. The molecule has 0 aromatic heterocycles. The number of hydrogen-bond donors (Lipinski definition) is 1. The third kappa shape index (κ3) is 2.44. The molecule has 76 valence electrons.